The number of ether oxygens (including phenoxy) is 1. The number of nitrogens with one attached hydrogen (secondary N) is 1. The fourth-order valence-corrected chi connectivity index (χ4v) is 3.09. The van der Waals surface area contributed by atoms with E-state index in [2.05, 4.69) is 34.5 Å². The second-order valence-corrected chi connectivity index (χ2v) is 6.71. The van der Waals surface area contributed by atoms with Gasteiger partial charge in [-0.3, -0.25) is 4.79 Å². The number of hydrazone groups is 1. The zero-order valence-corrected chi connectivity index (χ0v) is 15.5. The first-order valence-corrected chi connectivity index (χ1v) is 9.05. The first-order chi connectivity index (χ1) is 12.6. The van der Waals surface area contributed by atoms with E-state index in [-0.39, 0.29) is 12.5 Å². The van der Waals surface area contributed by atoms with Crippen LogP contribution in [0.15, 0.2) is 47.6 Å². The summed E-state index contributed by atoms with van der Waals surface area (Å²) in [5.41, 5.74) is 5.91. The largest absolute Gasteiger partial charge is 0.484 e. The van der Waals surface area contributed by atoms with E-state index in [0.29, 0.717) is 10.8 Å². The Kier molecular flexibility index (Phi) is 6.12. The molecule has 0 atom stereocenters. The van der Waals surface area contributed by atoms with E-state index in [4.69, 9.17) is 16.3 Å². The summed E-state index contributed by atoms with van der Waals surface area (Å²) >= 11 is 5.80. The number of carbonyl (C=O) groups excluding carboxylic acids is 1. The van der Waals surface area contributed by atoms with Crippen molar-refractivity contribution in [1.82, 2.24) is 5.43 Å². The van der Waals surface area contributed by atoms with Gasteiger partial charge >= 0.3 is 0 Å². The van der Waals surface area contributed by atoms with Crippen LogP contribution in [0.4, 0.5) is 5.69 Å². The molecule has 0 aromatic heterocycles. The Bertz CT molecular complexity index is 784. The fraction of sp³-hybridized carbons (Fsp3) is 0.300. The van der Waals surface area contributed by atoms with Gasteiger partial charge in [-0.25, -0.2) is 5.43 Å². The smallest absolute Gasteiger partial charge is 0.277 e. The van der Waals surface area contributed by atoms with Gasteiger partial charge in [0.15, 0.2) is 6.61 Å². The molecule has 1 saturated heterocycles. The molecule has 0 saturated carbocycles. The Hall–Kier alpha value is -2.53. The second-order valence-electron chi connectivity index (χ2n) is 6.28. The van der Waals surface area contributed by atoms with Crippen LogP contribution in [0.25, 0.3) is 0 Å². The highest BCUT2D eigenvalue weighted by atomic mass is 35.5. The van der Waals surface area contributed by atoms with Crippen LogP contribution in [-0.4, -0.2) is 31.8 Å². The summed E-state index contributed by atoms with van der Waals surface area (Å²) in [4.78, 5) is 14.2. The van der Waals surface area contributed by atoms with Gasteiger partial charge in [0.2, 0.25) is 0 Å². The molecule has 0 aliphatic carbocycles. The molecule has 136 valence electrons. The third kappa shape index (κ3) is 4.99. The lowest BCUT2D eigenvalue weighted by Gasteiger charge is -2.20. The third-order valence-electron chi connectivity index (χ3n) is 4.25. The Balaban J connectivity index is 1.49. The highest BCUT2D eigenvalue weighted by Crippen LogP contribution is 2.24. The molecule has 0 spiro atoms. The number of carbonyl (C=O) groups is 1. The van der Waals surface area contributed by atoms with Gasteiger partial charge in [-0.2, -0.15) is 5.10 Å². The molecule has 2 aromatic rings. The topological polar surface area (TPSA) is 53.9 Å². The van der Waals surface area contributed by atoms with Gasteiger partial charge in [-0.1, -0.05) is 17.7 Å². The van der Waals surface area contributed by atoms with Crippen molar-refractivity contribution in [3.05, 3.63) is 58.6 Å². The van der Waals surface area contributed by atoms with Crippen LogP contribution in [0.3, 0.4) is 0 Å². The SMILES string of the molecule is Cc1cc(/C=N/NC(=O)COc2ccc(Cl)cc2)ccc1N1CCCC1. The summed E-state index contributed by atoms with van der Waals surface area (Å²) < 4.78 is 5.37. The number of nitrogens with zero attached hydrogens (tertiary/aromatic N) is 2. The molecule has 1 amide bonds. The van der Waals surface area contributed by atoms with E-state index in [1.165, 1.54) is 24.1 Å². The number of halogens is 1. The quantitative estimate of drug-likeness (QED) is 0.621. The number of aryl methyl sites for hydroxylation is 1. The van der Waals surface area contributed by atoms with E-state index in [1.807, 2.05) is 6.07 Å². The monoisotopic (exact) mass is 371 g/mol. The molecule has 1 aliphatic rings. The molecule has 5 nitrogen and oxygen atoms in total. The predicted octanol–water partition coefficient (Wildman–Crippen LogP) is 3.78. The van der Waals surface area contributed by atoms with Crippen molar-refractivity contribution in [2.24, 2.45) is 5.10 Å². The van der Waals surface area contributed by atoms with Crippen LogP contribution in [-0.2, 0) is 4.79 Å². The van der Waals surface area contributed by atoms with Crippen molar-refractivity contribution < 1.29 is 9.53 Å². The number of rotatable bonds is 6. The lowest BCUT2D eigenvalue weighted by molar-refractivity contribution is -0.123. The van der Waals surface area contributed by atoms with Gasteiger partial charge in [0.1, 0.15) is 5.75 Å². The Morgan fingerprint density at radius 2 is 1.96 bits per heavy atom. The summed E-state index contributed by atoms with van der Waals surface area (Å²) in [6.07, 6.45) is 4.15. The molecule has 2 aromatic carbocycles. The van der Waals surface area contributed by atoms with Crippen molar-refractivity contribution in [1.29, 1.82) is 0 Å². The van der Waals surface area contributed by atoms with Gasteiger partial charge in [-0.15, -0.1) is 0 Å². The molecule has 1 aliphatic heterocycles. The van der Waals surface area contributed by atoms with E-state index in [9.17, 15) is 4.79 Å². The van der Waals surface area contributed by atoms with Crippen LogP contribution in [0.5, 0.6) is 5.75 Å². The molecule has 6 heteroatoms. The van der Waals surface area contributed by atoms with Crippen molar-refractivity contribution in [2.75, 3.05) is 24.6 Å². The minimum absolute atomic E-state index is 0.105. The van der Waals surface area contributed by atoms with E-state index >= 15 is 0 Å². The fourth-order valence-electron chi connectivity index (χ4n) is 2.96. The number of amides is 1. The lowest BCUT2D eigenvalue weighted by Crippen LogP contribution is -2.24. The molecule has 1 heterocycles. The van der Waals surface area contributed by atoms with Crippen molar-refractivity contribution in [3.8, 4) is 5.75 Å². The number of benzene rings is 2. The summed E-state index contributed by atoms with van der Waals surface area (Å²) in [5.74, 6) is 0.267. The van der Waals surface area contributed by atoms with Crippen LogP contribution >= 0.6 is 11.6 Å². The first-order valence-electron chi connectivity index (χ1n) is 8.68. The molecule has 1 fully saturated rings. The molecular formula is C20H22ClN3O2. The maximum Gasteiger partial charge on any atom is 0.277 e. The third-order valence-corrected chi connectivity index (χ3v) is 4.51. The zero-order valence-electron chi connectivity index (χ0n) is 14.7. The van der Waals surface area contributed by atoms with Gasteiger partial charge in [0, 0.05) is 23.8 Å². The van der Waals surface area contributed by atoms with Crippen LogP contribution in [0, 0.1) is 6.92 Å². The molecular weight excluding hydrogens is 350 g/mol. The Morgan fingerprint density at radius 3 is 2.65 bits per heavy atom. The maximum absolute atomic E-state index is 11.8. The Labute approximate surface area is 158 Å². The number of hydrogen-bond donors (Lipinski definition) is 1. The molecule has 3 rings (SSSR count). The van der Waals surface area contributed by atoms with Crippen LogP contribution in [0.2, 0.25) is 5.02 Å². The van der Waals surface area contributed by atoms with Gasteiger partial charge in [-0.05, 0) is 67.3 Å². The van der Waals surface area contributed by atoms with E-state index in [0.717, 1.165) is 18.7 Å². The molecule has 0 bridgehead atoms. The first kappa shape index (κ1) is 18.3. The molecule has 0 unspecified atom stereocenters. The molecule has 1 N–H and O–H groups in total. The predicted molar refractivity (Wildman–Crippen MR) is 105 cm³/mol. The molecule has 0 radical (unpaired) electrons. The lowest BCUT2D eigenvalue weighted by atomic mass is 10.1. The van der Waals surface area contributed by atoms with E-state index < -0.39 is 0 Å². The van der Waals surface area contributed by atoms with E-state index in [1.54, 1.807) is 30.5 Å². The molecule has 26 heavy (non-hydrogen) atoms. The zero-order chi connectivity index (χ0) is 18.4. The minimum Gasteiger partial charge on any atom is -0.484 e. The maximum atomic E-state index is 11.8. The average molecular weight is 372 g/mol. The van der Waals surface area contributed by atoms with Crippen molar-refractivity contribution >= 4 is 29.4 Å². The second kappa shape index (κ2) is 8.72. The average Bonchev–Trinajstić information content (AvgIpc) is 3.16. The highest BCUT2D eigenvalue weighted by Gasteiger charge is 2.13. The van der Waals surface area contributed by atoms with Crippen molar-refractivity contribution in [3.63, 3.8) is 0 Å². The summed E-state index contributed by atoms with van der Waals surface area (Å²) in [6.45, 7) is 4.24. The van der Waals surface area contributed by atoms with Gasteiger partial charge in [0.05, 0.1) is 6.21 Å². The highest BCUT2D eigenvalue weighted by molar-refractivity contribution is 6.30. The normalized spacial score (nSPS) is 14.0. The Morgan fingerprint density at radius 1 is 1.23 bits per heavy atom. The van der Waals surface area contributed by atoms with Crippen molar-refractivity contribution in [2.45, 2.75) is 19.8 Å². The van der Waals surface area contributed by atoms with Crippen LogP contribution < -0.4 is 15.1 Å². The summed E-state index contributed by atoms with van der Waals surface area (Å²) in [6, 6.07) is 13.1. The number of anilines is 1. The summed E-state index contributed by atoms with van der Waals surface area (Å²) in [5, 5.41) is 4.62. The standard InChI is InChI=1S/C20H22ClN3O2/c1-15-12-16(4-9-19(15)24-10-2-3-11-24)13-22-23-20(25)14-26-18-7-5-17(21)6-8-18/h4-9,12-13H,2-3,10-11,14H2,1H3,(H,23,25)/b22-13+. The van der Waals surface area contributed by atoms with Gasteiger partial charge < -0.3 is 9.64 Å². The summed E-state index contributed by atoms with van der Waals surface area (Å²) in [7, 11) is 0. The number of hydrogen-bond acceptors (Lipinski definition) is 4. The minimum atomic E-state index is -0.318. The van der Waals surface area contributed by atoms with Gasteiger partial charge in [0.25, 0.3) is 5.91 Å². The van der Waals surface area contributed by atoms with Crippen LogP contribution in [0.1, 0.15) is 24.0 Å².